The molecule has 4 aromatic rings. The zero-order chi connectivity index (χ0) is 26.5. The van der Waals surface area contributed by atoms with E-state index in [1.807, 2.05) is 61.5 Å². The van der Waals surface area contributed by atoms with Crippen molar-refractivity contribution in [1.29, 1.82) is 0 Å². The van der Waals surface area contributed by atoms with Crippen molar-refractivity contribution in [2.45, 2.75) is 25.9 Å². The Kier molecular flexibility index (Phi) is 7.35. The summed E-state index contributed by atoms with van der Waals surface area (Å²) >= 11 is 0. The smallest absolute Gasteiger partial charge is 0.251 e. The van der Waals surface area contributed by atoms with Crippen LogP contribution in [0, 0.1) is 12.7 Å². The first-order valence-electron chi connectivity index (χ1n) is 12.3. The SMILES string of the molecule is Cc1ccc(C(C(=O)Nc2ccc3c(c2)OCO3)N(Cc2ccccc2F)C(=O)Cc2ccccc2)cc1. The largest absolute Gasteiger partial charge is 0.454 e. The lowest BCUT2D eigenvalue weighted by Crippen LogP contribution is -2.41. The van der Waals surface area contributed by atoms with Gasteiger partial charge in [-0.3, -0.25) is 9.59 Å². The minimum Gasteiger partial charge on any atom is -0.454 e. The molecule has 192 valence electrons. The Hall–Kier alpha value is -4.65. The molecule has 1 N–H and O–H groups in total. The number of hydrogen-bond acceptors (Lipinski definition) is 4. The summed E-state index contributed by atoms with van der Waals surface area (Å²) in [6.07, 6.45) is 0.0644. The molecular formula is C31H27FN2O4. The Bertz CT molecular complexity index is 1440. The number of nitrogens with one attached hydrogen (secondary N) is 1. The highest BCUT2D eigenvalue weighted by atomic mass is 19.1. The maximum absolute atomic E-state index is 14.8. The topological polar surface area (TPSA) is 67.9 Å². The molecule has 6 nitrogen and oxygen atoms in total. The van der Waals surface area contributed by atoms with E-state index in [-0.39, 0.29) is 25.7 Å². The summed E-state index contributed by atoms with van der Waals surface area (Å²) in [6.45, 7) is 1.98. The number of rotatable bonds is 8. The van der Waals surface area contributed by atoms with Crippen LogP contribution in [0.1, 0.15) is 28.3 Å². The molecule has 0 aromatic heterocycles. The fraction of sp³-hybridized carbons (Fsp3) is 0.161. The molecule has 0 radical (unpaired) electrons. The minimum absolute atomic E-state index is 0.0644. The quantitative estimate of drug-likeness (QED) is 0.325. The molecule has 1 heterocycles. The minimum atomic E-state index is -1.02. The van der Waals surface area contributed by atoms with Gasteiger partial charge in [0.1, 0.15) is 11.9 Å². The van der Waals surface area contributed by atoms with E-state index in [9.17, 15) is 14.0 Å². The summed E-state index contributed by atoms with van der Waals surface area (Å²) in [5.74, 6) is -0.0458. The van der Waals surface area contributed by atoms with E-state index in [4.69, 9.17) is 9.47 Å². The van der Waals surface area contributed by atoms with E-state index >= 15 is 0 Å². The molecule has 1 unspecified atom stereocenters. The van der Waals surface area contributed by atoms with Crippen LogP contribution in [0.15, 0.2) is 97.1 Å². The second-order valence-corrected chi connectivity index (χ2v) is 9.15. The van der Waals surface area contributed by atoms with Gasteiger partial charge in [-0.05, 0) is 36.2 Å². The molecule has 0 aliphatic carbocycles. The van der Waals surface area contributed by atoms with Gasteiger partial charge in [0.25, 0.3) is 5.91 Å². The Morgan fingerprint density at radius 2 is 1.61 bits per heavy atom. The number of benzene rings is 4. The van der Waals surface area contributed by atoms with Gasteiger partial charge >= 0.3 is 0 Å². The van der Waals surface area contributed by atoms with Gasteiger partial charge in [0.15, 0.2) is 11.5 Å². The molecule has 5 rings (SSSR count). The number of amides is 2. The summed E-state index contributed by atoms with van der Waals surface area (Å²) in [7, 11) is 0. The van der Waals surface area contributed by atoms with Crippen molar-refractivity contribution < 1.29 is 23.5 Å². The number of carbonyl (C=O) groups is 2. The van der Waals surface area contributed by atoms with E-state index in [0.29, 0.717) is 28.3 Å². The molecule has 7 heteroatoms. The fourth-order valence-corrected chi connectivity index (χ4v) is 4.41. The van der Waals surface area contributed by atoms with Crippen LogP contribution in [-0.4, -0.2) is 23.5 Å². The first kappa shape index (κ1) is 25.0. The van der Waals surface area contributed by atoms with Crippen LogP contribution < -0.4 is 14.8 Å². The number of nitrogens with zero attached hydrogens (tertiary/aromatic N) is 1. The summed E-state index contributed by atoms with van der Waals surface area (Å²) in [5.41, 5.74) is 3.25. The first-order valence-corrected chi connectivity index (χ1v) is 12.3. The Balaban J connectivity index is 1.53. The van der Waals surface area contributed by atoms with Crippen molar-refractivity contribution in [3.8, 4) is 11.5 Å². The normalized spacial score (nSPS) is 12.6. The third-order valence-corrected chi connectivity index (χ3v) is 6.41. The first-order chi connectivity index (χ1) is 18.5. The highest BCUT2D eigenvalue weighted by Gasteiger charge is 2.32. The van der Waals surface area contributed by atoms with E-state index in [1.54, 1.807) is 36.4 Å². The Morgan fingerprint density at radius 1 is 0.895 bits per heavy atom. The van der Waals surface area contributed by atoms with E-state index < -0.39 is 17.8 Å². The molecule has 4 aromatic carbocycles. The van der Waals surface area contributed by atoms with Crippen LogP contribution in [0.4, 0.5) is 10.1 Å². The molecular weight excluding hydrogens is 483 g/mol. The number of fused-ring (bicyclic) bond motifs is 1. The maximum Gasteiger partial charge on any atom is 0.251 e. The van der Waals surface area contributed by atoms with Crippen molar-refractivity contribution in [2.75, 3.05) is 12.1 Å². The van der Waals surface area contributed by atoms with Crippen molar-refractivity contribution in [1.82, 2.24) is 4.90 Å². The zero-order valence-corrected chi connectivity index (χ0v) is 20.9. The number of halogens is 1. The molecule has 0 saturated carbocycles. The van der Waals surface area contributed by atoms with Gasteiger partial charge in [-0.15, -0.1) is 0 Å². The molecule has 0 saturated heterocycles. The van der Waals surface area contributed by atoms with Gasteiger partial charge in [-0.25, -0.2) is 4.39 Å². The standard InChI is InChI=1S/C31H27FN2O4/c1-21-11-13-23(14-12-21)30(31(36)33-25-15-16-27-28(18-25)38-20-37-27)34(19-24-9-5-6-10-26(24)32)29(35)17-22-7-3-2-4-8-22/h2-16,18,30H,17,19-20H2,1H3,(H,33,36). The van der Waals surface area contributed by atoms with Gasteiger partial charge in [-0.1, -0.05) is 78.4 Å². The number of ether oxygens (including phenoxy) is 2. The number of hydrogen-bond donors (Lipinski definition) is 1. The highest BCUT2D eigenvalue weighted by molar-refractivity contribution is 5.98. The van der Waals surface area contributed by atoms with Crippen LogP contribution in [0.25, 0.3) is 0 Å². The summed E-state index contributed by atoms with van der Waals surface area (Å²) in [6, 6.07) is 27.1. The molecule has 0 fully saturated rings. The lowest BCUT2D eigenvalue weighted by molar-refractivity contribution is -0.139. The highest BCUT2D eigenvalue weighted by Crippen LogP contribution is 2.35. The van der Waals surface area contributed by atoms with E-state index in [0.717, 1.165) is 11.1 Å². The zero-order valence-electron chi connectivity index (χ0n) is 20.9. The Morgan fingerprint density at radius 3 is 2.37 bits per heavy atom. The molecule has 1 atom stereocenters. The maximum atomic E-state index is 14.8. The second-order valence-electron chi connectivity index (χ2n) is 9.15. The molecule has 0 bridgehead atoms. The van der Waals surface area contributed by atoms with Crippen LogP contribution in [0.5, 0.6) is 11.5 Å². The Labute approximate surface area is 220 Å². The van der Waals surface area contributed by atoms with Gasteiger partial charge in [-0.2, -0.15) is 0 Å². The van der Waals surface area contributed by atoms with Crippen LogP contribution in [0.3, 0.4) is 0 Å². The lowest BCUT2D eigenvalue weighted by atomic mass is 10.00. The van der Waals surface area contributed by atoms with Gasteiger partial charge in [0.2, 0.25) is 12.7 Å². The third kappa shape index (κ3) is 5.67. The molecule has 1 aliphatic heterocycles. The van der Waals surface area contributed by atoms with Crippen LogP contribution in [-0.2, 0) is 22.6 Å². The average molecular weight is 511 g/mol. The van der Waals surface area contributed by atoms with Crippen molar-refractivity contribution >= 4 is 17.5 Å². The van der Waals surface area contributed by atoms with Crippen molar-refractivity contribution in [2.24, 2.45) is 0 Å². The van der Waals surface area contributed by atoms with Gasteiger partial charge in [0, 0.05) is 23.9 Å². The van der Waals surface area contributed by atoms with Crippen molar-refractivity contribution in [3.05, 3.63) is 125 Å². The predicted molar refractivity (Wildman–Crippen MR) is 142 cm³/mol. The molecule has 2 amide bonds. The monoisotopic (exact) mass is 510 g/mol. The summed E-state index contributed by atoms with van der Waals surface area (Å²) in [5, 5.41) is 2.92. The number of anilines is 1. The van der Waals surface area contributed by atoms with Crippen LogP contribution in [0.2, 0.25) is 0 Å². The predicted octanol–water partition coefficient (Wildman–Crippen LogP) is 5.81. The molecule has 1 aliphatic rings. The van der Waals surface area contributed by atoms with E-state index in [1.165, 1.54) is 11.0 Å². The fourth-order valence-electron chi connectivity index (χ4n) is 4.41. The third-order valence-electron chi connectivity index (χ3n) is 6.41. The van der Waals surface area contributed by atoms with Crippen LogP contribution >= 0.6 is 0 Å². The lowest BCUT2D eigenvalue weighted by Gasteiger charge is -2.32. The molecule has 38 heavy (non-hydrogen) atoms. The second kappa shape index (κ2) is 11.2. The van der Waals surface area contributed by atoms with E-state index in [2.05, 4.69) is 5.32 Å². The number of carbonyl (C=O) groups excluding carboxylic acids is 2. The molecule has 0 spiro atoms. The van der Waals surface area contributed by atoms with Crippen molar-refractivity contribution in [3.63, 3.8) is 0 Å². The van der Waals surface area contributed by atoms with Gasteiger partial charge in [0.05, 0.1) is 6.42 Å². The summed E-state index contributed by atoms with van der Waals surface area (Å²) in [4.78, 5) is 29.2. The number of aryl methyl sites for hydroxylation is 1. The van der Waals surface area contributed by atoms with Gasteiger partial charge < -0.3 is 19.7 Å². The average Bonchev–Trinajstić information content (AvgIpc) is 3.39. The summed E-state index contributed by atoms with van der Waals surface area (Å²) < 4.78 is 25.6.